The van der Waals surface area contributed by atoms with Crippen LogP contribution in [-0.4, -0.2) is 163 Å². The van der Waals surface area contributed by atoms with Crippen LogP contribution in [0.3, 0.4) is 0 Å². The van der Waals surface area contributed by atoms with Crippen LogP contribution in [0.15, 0.2) is 78.9 Å². The highest BCUT2D eigenvalue weighted by atomic mass is 16.6. The Balaban J connectivity index is 1.41. The molecule has 1 fully saturated rings. The van der Waals surface area contributed by atoms with Crippen molar-refractivity contribution in [1.82, 2.24) is 30.7 Å². The molecule has 1 heterocycles. The molecule has 1 saturated heterocycles. The summed E-state index contributed by atoms with van der Waals surface area (Å²) in [5.41, 5.74) is 8.35. The number of carboxylic acids is 1. The third-order valence-corrected chi connectivity index (χ3v) is 17.4. The fourth-order valence-electron chi connectivity index (χ4n) is 12.0. The highest BCUT2D eigenvalue weighted by Gasteiger charge is 2.44. The van der Waals surface area contributed by atoms with Crippen molar-refractivity contribution in [2.24, 2.45) is 47.2 Å². The topological polar surface area (TPSA) is 302 Å². The van der Waals surface area contributed by atoms with E-state index in [9.17, 15) is 53.1 Å². The van der Waals surface area contributed by atoms with Gasteiger partial charge in [0, 0.05) is 83.8 Å². The van der Waals surface area contributed by atoms with Crippen LogP contribution in [0.25, 0.3) is 0 Å². The highest BCUT2D eigenvalue weighted by Crippen LogP contribution is 2.32. The van der Waals surface area contributed by atoms with Crippen LogP contribution >= 0.6 is 0 Å². The summed E-state index contributed by atoms with van der Waals surface area (Å²) in [6.07, 6.45) is -0.344. The number of methoxy groups -OCH3 is 2. The number of likely N-dealkylation sites (tertiary alicyclic amines) is 1. The summed E-state index contributed by atoms with van der Waals surface area (Å²) in [6, 6.07) is 17.7. The molecule has 22 nitrogen and oxygen atoms in total. The molecule has 3 aromatic rings. The number of likely N-dealkylation sites (N-methyl/N-ethyl adjacent to an activating group) is 2. The first-order valence-electron chi connectivity index (χ1n) is 31.5. The number of nitrogens with one attached hydrogen (secondary N) is 4. The number of nitrogens with two attached hydrogens (primary N) is 1. The number of aryl methyl sites for hydroxylation is 1. The normalized spacial score (nSPS) is 16.5. The quantitative estimate of drug-likeness (QED) is 0.0301. The van der Waals surface area contributed by atoms with Gasteiger partial charge in [0.25, 0.3) is 5.91 Å². The molecule has 3 unspecified atom stereocenters. The number of primary amides is 1. The van der Waals surface area contributed by atoms with E-state index in [1.807, 2.05) is 54.5 Å². The molecule has 0 aliphatic carbocycles. The number of hydrogen-bond acceptors (Lipinski definition) is 13. The van der Waals surface area contributed by atoms with Crippen molar-refractivity contribution in [2.45, 2.75) is 176 Å². The molecule has 22 heteroatoms. The number of aliphatic carboxylic acids is 1. The summed E-state index contributed by atoms with van der Waals surface area (Å²) in [5, 5.41) is 20.9. The van der Waals surface area contributed by atoms with Gasteiger partial charge in [-0.15, -0.1) is 0 Å². The second-order valence-electron chi connectivity index (χ2n) is 25.1. The van der Waals surface area contributed by atoms with E-state index in [0.29, 0.717) is 49.0 Å². The van der Waals surface area contributed by atoms with Crippen LogP contribution in [0.2, 0.25) is 0 Å². The third kappa shape index (κ3) is 21.8. The monoisotopic (exact) mass is 1250 g/mol. The lowest BCUT2D eigenvalue weighted by Crippen LogP contribution is -2.55. The van der Waals surface area contributed by atoms with Gasteiger partial charge in [-0.25, -0.2) is 14.4 Å². The Hall–Kier alpha value is -7.72. The number of carboxylic acid groups (broad SMARTS) is 1. The molecule has 0 saturated carbocycles. The molecule has 0 radical (unpaired) electrons. The van der Waals surface area contributed by atoms with E-state index < -0.39 is 96.0 Å². The number of ether oxygens (including phenoxy) is 3. The van der Waals surface area contributed by atoms with Gasteiger partial charge < -0.3 is 61.0 Å². The summed E-state index contributed by atoms with van der Waals surface area (Å²) in [5.74, 6) is -7.43. The molecule has 0 spiro atoms. The molecule has 1 aliphatic heterocycles. The van der Waals surface area contributed by atoms with Crippen LogP contribution < -0.4 is 27.0 Å². The first-order valence-corrected chi connectivity index (χ1v) is 31.5. The van der Waals surface area contributed by atoms with E-state index in [4.69, 9.17) is 19.9 Å². The van der Waals surface area contributed by atoms with Gasteiger partial charge in [0.1, 0.15) is 12.6 Å². The minimum Gasteiger partial charge on any atom is -0.480 e. The molecule has 8 amide bonds. The number of ketones is 2. The van der Waals surface area contributed by atoms with Crippen LogP contribution in [0.1, 0.15) is 141 Å². The second-order valence-corrected chi connectivity index (χ2v) is 25.1. The molecule has 0 bridgehead atoms. The summed E-state index contributed by atoms with van der Waals surface area (Å²) >= 11 is 0. The smallest absolute Gasteiger partial charge is 0.410 e. The number of carbonyl (C=O) groups is 10. The number of anilines is 1. The maximum atomic E-state index is 14.9. The molecule has 496 valence electrons. The molecule has 0 aromatic heterocycles. The van der Waals surface area contributed by atoms with Gasteiger partial charge in [0.05, 0.1) is 48.7 Å². The lowest BCUT2D eigenvalue weighted by molar-refractivity contribution is -0.149. The van der Waals surface area contributed by atoms with E-state index in [2.05, 4.69) is 21.3 Å². The first kappa shape index (κ1) is 74.7. The Bertz CT molecular complexity index is 2870. The van der Waals surface area contributed by atoms with Gasteiger partial charge in [-0.05, 0) is 91.7 Å². The molecule has 4 rings (SSSR count). The molecular weight excluding hydrogens is 1150 g/mol. The fraction of sp³-hybridized carbons (Fsp3) is 0.588. The van der Waals surface area contributed by atoms with Crippen molar-refractivity contribution in [3.63, 3.8) is 0 Å². The summed E-state index contributed by atoms with van der Waals surface area (Å²) in [4.78, 5) is 140. The number of nitrogens with zero attached hydrogens (tertiary/aromatic N) is 3. The van der Waals surface area contributed by atoms with Crippen molar-refractivity contribution in [2.75, 3.05) is 46.7 Å². The number of urea groups is 1. The van der Waals surface area contributed by atoms with Crippen molar-refractivity contribution >= 4 is 64.9 Å². The average Bonchev–Trinajstić information content (AvgIpc) is 1.77. The van der Waals surface area contributed by atoms with Gasteiger partial charge in [-0.1, -0.05) is 129 Å². The molecule has 90 heavy (non-hydrogen) atoms. The van der Waals surface area contributed by atoms with Crippen LogP contribution in [0.5, 0.6) is 0 Å². The van der Waals surface area contributed by atoms with Crippen LogP contribution in [0.4, 0.5) is 15.3 Å². The van der Waals surface area contributed by atoms with Gasteiger partial charge >= 0.3 is 18.1 Å². The second kappa shape index (κ2) is 36.2. The van der Waals surface area contributed by atoms with E-state index in [0.717, 1.165) is 11.1 Å². The third-order valence-electron chi connectivity index (χ3n) is 17.4. The zero-order valence-corrected chi connectivity index (χ0v) is 55.2. The number of rotatable bonds is 36. The highest BCUT2D eigenvalue weighted by molar-refractivity contribution is 6.00. The van der Waals surface area contributed by atoms with Crippen molar-refractivity contribution in [1.29, 1.82) is 0 Å². The average molecular weight is 1250 g/mol. The fourth-order valence-corrected chi connectivity index (χ4v) is 12.0. The van der Waals surface area contributed by atoms with Gasteiger partial charge in [-0.2, -0.15) is 0 Å². The zero-order chi connectivity index (χ0) is 67.1. The number of Topliss-reactive ketones (excluding diaryl/α,β-unsaturated/α-hetero) is 2. The summed E-state index contributed by atoms with van der Waals surface area (Å²) in [7, 11) is 6.10. The van der Waals surface area contributed by atoms with Crippen molar-refractivity contribution in [3.05, 3.63) is 101 Å². The maximum absolute atomic E-state index is 14.9. The predicted octanol–water partition coefficient (Wildman–Crippen LogP) is 7.97. The summed E-state index contributed by atoms with van der Waals surface area (Å²) in [6.45, 7) is 18.9. The molecule has 1 aliphatic rings. The van der Waals surface area contributed by atoms with Crippen molar-refractivity contribution in [3.8, 4) is 0 Å². The minimum absolute atomic E-state index is 0.0854. The number of hydrogen-bond donors (Lipinski definition) is 6. The standard InChI is InChI=1S/C68H100N8O14/c1-15-44(9)60(56(88-13)38-57(79)76-34-20-24-53(76)61(89-14)45(10)62(80)72-52(66(84)85)35-46-21-17-16-18-22-46)74(11)65(83)51(40(2)3)37-55(78)59(42(6)7)75(12)68(87)90-39-47-27-31-50(32-28-47)71-64(82)49(23-19-33-70-67(69)86)36-54(77)58(41(4)5)73-63(81)48-29-25-43(8)26-30-48/h16-18,21-22,25-32,40-42,44-45,49,51-53,56,58-61H,15,19-20,23-24,33-39H2,1-14H3,(H,71,82)(H,72,80)(H,73,81)(H,84,85)(H3,69,70,86)/t44?,45-,49-,51+,52?,53+,56-,58+,59?,60+,61-/m1/s1. The molecule has 11 atom stereocenters. The SMILES string of the molecule is CCC(C)[C@@H]([C@@H](CC(=O)N1CCC[C@H]1[C@H](OC)[C@@H](C)C(=O)NC(Cc1ccccc1)C(=O)O)OC)N(C)C(=O)[C@@H](CC(=O)C(C(C)C)N(C)C(=O)OCc1ccc(NC(=O)[C@H](CCCNC(N)=O)CC(=O)[C@@H](NC(=O)c2ccc(C)cc2)C(C)C)cc1)C(C)C. The van der Waals surface area contributed by atoms with Crippen molar-refractivity contribution < 1.29 is 67.3 Å². The van der Waals surface area contributed by atoms with E-state index in [1.165, 1.54) is 26.2 Å². The van der Waals surface area contributed by atoms with Crippen LogP contribution in [-0.2, 0) is 60.8 Å². The largest absolute Gasteiger partial charge is 0.480 e. The minimum atomic E-state index is -1.18. The number of benzene rings is 3. The molecular formula is C68H100N8O14. The maximum Gasteiger partial charge on any atom is 0.410 e. The lowest BCUT2D eigenvalue weighted by atomic mass is 9.83. The number of carbonyl (C=O) groups excluding carboxylic acids is 9. The number of amides is 8. The van der Waals surface area contributed by atoms with Gasteiger partial charge in [-0.3, -0.25) is 33.6 Å². The van der Waals surface area contributed by atoms with Crippen LogP contribution in [0, 0.1) is 48.3 Å². The molecule has 7 N–H and O–H groups in total. The first-order chi connectivity index (χ1) is 42.5. The van der Waals surface area contributed by atoms with E-state index in [-0.39, 0.29) is 92.3 Å². The molecule has 3 aromatic carbocycles. The Morgan fingerprint density at radius 3 is 1.93 bits per heavy atom. The Morgan fingerprint density at radius 1 is 0.733 bits per heavy atom. The Morgan fingerprint density at radius 2 is 1.38 bits per heavy atom. The predicted molar refractivity (Wildman–Crippen MR) is 343 cm³/mol. The van der Waals surface area contributed by atoms with Gasteiger partial charge in [0.2, 0.25) is 23.6 Å². The van der Waals surface area contributed by atoms with Gasteiger partial charge in [0.15, 0.2) is 11.6 Å². The summed E-state index contributed by atoms with van der Waals surface area (Å²) < 4.78 is 17.7. The van der Waals surface area contributed by atoms with E-state index >= 15 is 0 Å². The Kier molecular flexibility index (Phi) is 30.1. The zero-order valence-electron chi connectivity index (χ0n) is 55.2. The Labute approximate surface area is 531 Å². The van der Waals surface area contributed by atoms with E-state index in [1.54, 1.807) is 110 Å². The lowest BCUT2D eigenvalue weighted by Gasteiger charge is -2.41.